The first-order chi connectivity index (χ1) is 10.4. The van der Waals surface area contributed by atoms with Crippen LogP contribution in [0.25, 0.3) is 5.82 Å². The van der Waals surface area contributed by atoms with Crippen molar-refractivity contribution in [1.82, 2.24) is 19.5 Å². The number of fused-ring (bicyclic) bond motifs is 1. The van der Waals surface area contributed by atoms with Crippen LogP contribution in [0.5, 0.6) is 0 Å². The van der Waals surface area contributed by atoms with Crippen LogP contribution in [0.4, 0.5) is 5.69 Å². The fraction of sp³-hybridized carbons (Fsp3) is 0.188. The first-order valence-corrected chi connectivity index (χ1v) is 7.05. The predicted molar refractivity (Wildman–Crippen MR) is 80.3 cm³/mol. The van der Waals surface area contributed by atoms with Crippen molar-refractivity contribution in [3.8, 4) is 5.82 Å². The van der Waals surface area contributed by atoms with E-state index in [-0.39, 0.29) is 6.04 Å². The number of hydrogen-bond acceptors (Lipinski definition) is 4. The maximum absolute atomic E-state index is 4.50. The lowest BCUT2D eigenvalue weighted by Gasteiger charge is -2.14. The molecule has 104 valence electrons. The molecule has 1 atom stereocenters. The van der Waals surface area contributed by atoms with Gasteiger partial charge in [-0.25, -0.2) is 9.97 Å². The largest absolute Gasteiger partial charge is 0.375 e. The highest BCUT2D eigenvalue weighted by Gasteiger charge is 2.23. The lowest BCUT2D eigenvalue weighted by atomic mass is 10.2. The summed E-state index contributed by atoms with van der Waals surface area (Å²) in [7, 11) is 0. The second kappa shape index (κ2) is 5.01. The summed E-state index contributed by atoms with van der Waals surface area (Å²) in [6.07, 6.45) is 11.3. The summed E-state index contributed by atoms with van der Waals surface area (Å²) >= 11 is 0. The van der Waals surface area contributed by atoms with Gasteiger partial charge in [0.15, 0.2) is 0 Å². The van der Waals surface area contributed by atoms with Gasteiger partial charge in [0.25, 0.3) is 0 Å². The van der Waals surface area contributed by atoms with E-state index in [4.69, 9.17) is 0 Å². The van der Waals surface area contributed by atoms with Gasteiger partial charge in [-0.05, 0) is 36.6 Å². The molecule has 0 bridgehead atoms. The molecule has 1 aliphatic carbocycles. The summed E-state index contributed by atoms with van der Waals surface area (Å²) in [4.78, 5) is 13.0. The third-order valence-corrected chi connectivity index (χ3v) is 3.82. The molecule has 0 saturated carbocycles. The number of imidazole rings is 1. The number of hydrogen-bond donors (Lipinski definition) is 1. The average molecular weight is 277 g/mol. The summed E-state index contributed by atoms with van der Waals surface area (Å²) in [6, 6.07) is 8.47. The highest BCUT2D eigenvalue weighted by molar-refractivity contribution is 5.47. The van der Waals surface area contributed by atoms with Gasteiger partial charge in [0.2, 0.25) is 0 Å². The number of rotatable bonds is 3. The molecule has 3 aromatic rings. The number of nitrogens with one attached hydrogen (secondary N) is 1. The third-order valence-electron chi connectivity index (χ3n) is 3.82. The Morgan fingerprint density at radius 1 is 1.14 bits per heavy atom. The maximum Gasteiger partial charge on any atom is 0.137 e. The van der Waals surface area contributed by atoms with E-state index in [9.17, 15) is 0 Å². The summed E-state index contributed by atoms with van der Waals surface area (Å²) in [5.41, 5.74) is 3.52. The average Bonchev–Trinajstić information content (AvgIpc) is 3.19. The smallest absolute Gasteiger partial charge is 0.137 e. The standard InChI is InChI=1S/C16H15N5/c1-2-12-3-5-14(16(12)18-7-1)20-13-4-6-15(19-10-13)21-9-8-17-11-21/h1-2,4,6-11,14,20H,3,5H2. The van der Waals surface area contributed by atoms with Crippen molar-refractivity contribution >= 4 is 5.69 Å². The van der Waals surface area contributed by atoms with Gasteiger partial charge in [0.1, 0.15) is 12.1 Å². The molecule has 1 N–H and O–H groups in total. The lowest BCUT2D eigenvalue weighted by Crippen LogP contribution is -2.09. The minimum absolute atomic E-state index is 0.280. The van der Waals surface area contributed by atoms with Gasteiger partial charge in [-0.15, -0.1) is 0 Å². The summed E-state index contributed by atoms with van der Waals surface area (Å²) in [6.45, 7) is 0. The number of nitrogens with zero attached hydrogens (tertiary/aromatic N) is 4. The molecule has 0 saturated heterocycles. The molecule has 0 spiro atoms. The van der Waals surface area contributed by atoms with Gasteiger partial charge < -0.3 is 5.32 Å². The van der Waals surface area contributed by atoms with Crippen molar-refractivity contribution in [3.63, 3.8) is 0 Å². The zero-order valence-electron chi connectivity index (χ0n) is 11.5. The Morgan fingerprint density at radius 2 is 2.14 bits per heavy atom. The predicted octanol–water partition coefficient (Wildman–Crippen LogP) is 2.76. The third kappa shape index (κ3) is 2.27. The molecule has 5 nitrogen and oxygen atoms in total. The molecule has 4 rings (SSSR count). The zero-order chi connectivity index (χ0) is 14.1. The van der Waals surface area contributed by atoms with Crippen LogP contribution < -0.4 is 5.32 Å². The van der Waals surface area contributed by atoms with E-state index >= 15 is 0 Å². The van der Waals surface area contributed by atoms with Crippen molar-refractivity contribution in [2.24, 2.45) is 0 Å². The highest BCUT2D eigenvalue weighted by atomic mass is 15.1. The van der Waals surface area contributed by atoms with E-state index in [1.165, 1.54) is 5.56 Å². The molecule has 0 radical (unpaired) electrons. The molecule has 0 aliphatic heterocycles. The number of anilines is 1. The van der Waals surface area contributed by atoms with Crippen molar-refractivity contribution in [3.05, 3.63) is 66.6 Å². The Balaban J connectivity index is 1.53. The molecule has 0 aromatic carbocycles. The molecule has 3 heterocycles. The zero-order valence-corrected chi connectivity index (χ0v) is 11.5. The Bertz CT molecular complexity index is 734. The molecular formula is C16H15N5. The quantitative estimate of drug-likeness (QED) is 0.799. The fourth-order valence-electron chi connectivity index (χ4n) is 2.77. The Hall–Kier alpha value is -2.69. The molecule has 3 aromatic heterocycles. The number of aromatic nitrogens is 4. The van der Waals surface area contributed by atoms with Crippen LogP contribution in [-0.4, -0.2) is 19.5 Å². The van der Waals surface area contributed by atoms with E-state index in [0.717, 1.165) is 30.0 Å². The van der Waals surface area contributed by atoms with Gasteiger partial charge in [0, 0.05) is 18.6 Å². The highest BCUT2D eigenvalue weighted by Crippen LogP contribution is 2.31. The lowest BCUT2D eigenvalue weighted by molar-refractivity contribution is 0.745. The van der Waals surface area contributed by atoms with Gasteiger partial charge in [-0.2, -0.15) is 0 Å². The summed E-state index contributed by atoms with van der Waals surface area (Å²) in [5.74, 6) is 0.864. The molecular weight excluding hydrogens is 262 g/mol. The first-order valence-electron chi connectivity index (χ1n) is 7.05. The van der Waals surface area contributed by atoms with Crippen LogP contribution in [0.1, 0.15) is 23.7 Å². The van der Waals surface area contributed by atoms with Crippen LogP contribution in [0.3, 0.4) is 0 Å². The molecule has 21 heavy (non-hydrogen) atoms. The fourth-order valence-corrected chi connectivity index (χ4v) is 2.77. The van der Waals surface area contributed by atoms with E-state index < -0.39 is 0 Å². The second-order valence-corrected chi connectivity index (χ2v) is 5.16. The van der Waals surface area contributed by atoms with Crippen molar-refractivity contribution in [1.29, 1.82) is 0 Å². The number of pyridine rings is 2. The van der Waals surface area contributed by atoms with Gasteiger partial charge in [-0.3, -0.25) is 9.55 Å². The van der Waals surface area contributed by atoms with Gasteiger partial charge in [-0.1, -0.05) is 6.07 Å². The SMILES string of the molecule is c1cnc2c(c1)CCC2Nc1ccc(-n2ccnc2)nc1. The summed E-state index contributed by atoms with van der Waals surface area (Å²) in [5, 5.41) is 3.52. The topological polar surface area (TPSA) is 55.6 Å². The van der Waals surface area contributed by atoms with Crippen LogP contribution in [-0.2, 0) is 6.42 Å². The first kappa shape index (κ1) is 12.1. The van der Waals surface area contributed by atoms with Gasteiger partial charge >= 0.3 is 0 Å². The Labute approximate surface area is 122 Å². The minimum Gasteiger partial charge on any atom is -0.375 e. The maximum atomic E-state index is 4.50. The van der Waals surface area contributed by atoms with Crippen LogP contribution in [0, 0.1) is 0 Å². The monoisotopic (exact) mass is 277 g/mol. The molecule has 0 amide bonds. The van der Waals surface area contributed by atoms with E-state index in [1.807, 2.05) is 41.4 Å². The van der Waals surface area contributed by atoms with E-state index in [0.29, 0.717) is 0 Å². The molecule has 0 fully saturated rings. The van der Waals surface area contributed by atoms with Crippen LogP contribution >= 0.6 is 0 Å². The minimum atomic E-state index is 0.280. The Morgan fingerprint density at radius 3 is 2.95 bits per heavy atom. The summed E-state index contributed by atoms with van der Waals surface area (Å²) < 4.78 is 1.89. The van der Waals surface area contributed by atoms with E-state index in [2.05, 4.69) is 26.3 Å². The van der Waals surface area contributed by atoms with Gasteiger partial charge in [0.05, 0.1) is 23.6 Å². The number of aryl methyl sites for hydroxylation is 1. The normalized spacial score (nSPS) is 16.7. The second-order valence-electron chi connectivity index (χ2n) is 5.16. The molecule has 1 unspecified atom stereocenters. The Kier molecular flexibility index (Phi) is 2.88. The molecule has 5 heteroatoms. The van der Waals surface area contributed by atoms with Crippen molar-refractivity contribution in [2.45, 2.75) is 18.9 Å². The molecule has 1 aliphatic rings. The van der Waals surface area contributed by atoms with Crippen molar-refractivity contribution in [2.75, 3.05) is 5.32 Å². The van der Waals surface area contributed by atoms with Crippen molar-refractivity contribution < 1.29 is 0 Å². The van der Waals surface area contributed by atoms with E-state index in [1.54, 1.807) is 12.5 Å². The van der Waals surface area contributed by atoms with Crippen LogP contribution in [0.15, 0.2) is 55.4 Å². The van der Waals surface area contributed by atoms with Crippen LogP contribution in [0.2, 0.25) is 0 Å².